The molecule has 6 rings (SSSR count). The van der Waals surface area contributed by atoms with Gasteiger partial charge in [-0.25, -0.2) is 0 Å². The molecule has 5 aromatic rings. The van der Waals surface area contributed by atoms with Gasteiger partial charge in [-0.05, 0) is 41.0 Å². The highest BCUT2D eigenvalue weighted by Gasteiger charge is 2.38. The van der Waals surface area contributed by atoms with Gasteiger partial charge in [-0.15, -0.1) is 0 Å². The smallest absolute Gasteiger partial charge is 0.0637 e. The molecule has 0 radical (unpaired) electrons. The van der Waals surface area contributed by atoms with Crippen LogP contribution in [0.25, 0.3) is 38.6 Å². The summed E-state index contributed by atoms with van der Waals surface area (Å²) in [6, 6.07) is 30.2. The second-order valence-corrected chi connectivity index (χ2v) is 8.77. The summed E-state index contributed by atoms with van der Waals surface area (Å²) < 4.78 is 2.38. The third-order valence-electron chi connectivity index (χ3n) is 6.45. The van der Waals surface area contributed by atoms with E-state index in [-0.39, 0.29) is 5.41 Å². The largest absolute Gasteiger partial charge is 0.309 e. The zero-order valence-corrected chi connectivity index (χ0v) is 17.2. The number of hydrogen-bond acceptors (Lipinski definition) is 0. The fraction of sp³-hybridized carbons (Fsp3) is 0.111. The lowest BCUT2D eigenvalue weighted by atomic mass is 9.82. The van der Waals surface area contributed by atoms with E-state index in [1.54, 1.807) is 0 Å². The van der Waals surface area contributed by atoms with Crippen molar-refractivity contribution in [1.29, 1.82) is 0 Å². The van der Waals surface area contributed by atoms with Gasteiger partial charge in [0.15, 0.2) is 0 Å². The van der Waals surface area contributed by atoms with Crippen molar-refractivity contribution in [3.05, 3.63) is 101 Å². The van der Waals surface area contributed by atoms with Crippen LogP contribution in [0.15, 0.2) is 84.9 Å². The predicted molar refractivity (Wildman–Crippen MR) is 123 cm³/mol. The van der Waals surface area contributed by atoms with Crippen LogP contribution >= 0.6 is 11.6 Å². The van der Waals surface area contributed by atoms with Crippen molar-refractivity contribution in [3.63, 3.8) is 0 Å². The van der Waals surface area contributed by atoms with E-state index in [0.29, 0.717) is 0 Å². The molecule has 1 heterocycles. The van der Waals surface area contributed by atoms with Gasteiger partial charge in [0.2, 0.25) is 0 Å². The van der Waals surface area contributed by atoms with E-state index in [4.69, 9.17) is 11.6 Å². The Morgan fingerprint density at radius 3 is 2.28 bits per heavy atom. The van der Waals surface area contributed by atoms with Gasteiger partial charge in [-0.2, -0.15) is 0 Å². The van der Waals surface area contributed by atoms with Crippen LogP contribution in [0.4, 0.5) is 0 Å². The first-order chi connectivity index (χ1) is 14.1. The van der Waals surface area contributed by atoms with Gasteiger partial charge < -0.3 is 4.57 Å². The number of hydrogen-bond donors (Lipinski definition) is 0. The Balaban J connectivity index is 1.92. The van der Waals surface area contributed by atoms with Crippen molar-refractivity contribution >= 4 is 33.4 Å². The second kappa shape index (κ2) is 5.75. The maximum absolute atomic E-state index is 6.98. The molecule has 0 saturated carbocycles. The Morgan fingerprint density at radius 2 is 1.45 bits per heavy atom. The summed E-state index contributed by atoms with van der Waals surface area (Å²) in [6.07, 6.45) is 0. The summed E-state index contributed by atoms with van der Waals surface area (Å²) in [5, 5.41) is 3.16. The Hall–Kier alpha value is -3.03. The van der Waals surface area contributed by atoms with Gasteiger partial charge in [-0.3, -0.25) is 0 Å². The van der Waals surface area contributed by atoms with Crippen molar-refractivity contribution in [2.24, 2.45) is 0 Å². The second-order valence-electron chi connectivity index (χ2n) is 8.36. The van der Waals surface area contributed by atoms with Crippen LogP contribution in [-0.2, 0) is 5.41 Å². The molecular weight excluding hydrogens is 374 g/mol. The minimum Gasteiger partial charge on any atom is -0.309 e. The van der Waals surface area contributed by atoms with E-state index >= 15 is 0 Å². The van der Waals surface area contributed by atoms with E-state index in [9.17, 15) is 0 Å². The molecule has 0 N–H and O–H groups in total. The molecule has 0 aliphatic heterocycles. The van der Waals surface area contributed by atoms with Crippen LogP contribution in [0.1, 0.15) is 25.0 Å². The minimum atomic E-state index is -0.0816. The molecule has 1 aliphatic carbocycles. The molecule has 0 saturated heterocycles. The molecule has 0 spiro atoms. The zero-order valence-electron chi connectivity index (χ0n) is 16.4. The Labute approximate surface area is 175 Å². The number of fused-ring (bicyclic) bond motifs is 7. The normalized spacial score (nSPS) is 14.3. The number of para-hydroxylation sites is 2. The van der Waals surface area contributed by atoms with Gasteiger partial charge in [0.25, 0.3) is 0 Å². The number of benzene rings is 4. The van der Waals surface area contributed by atoms with E-state index in [2.05, 4.69) is 103 Å². The Kier molecular flexibility index (Phi) is 3.34. The highest BCUT2D eigenvalue weighted by Crippen LogP contribution is 2.54. The summed E-state index contributed by atoms with van der Waals surface area (Å²) in [6.45, 7) is 4.60. The van der Waals surface area contributed by atoms with Gasteiger partial charge in [0.05, 0.1) is 16.1 Å². The fourth-order valence-electron chi connectivity index (χ4n) is 5.12. The maximum Gasteiger partial charge on any atom is 0.0637 e. The molecule has 29 heavy (non-hydrogen) atoms. The Bertz CT molecular complexity index is 1420. The minimum absolute atomic E-state index is 0.0816. The maximum atomic E-state index is 6.98. The molecule has 1 nitrogen and oxygen atoms in total. The van der Waals surface area contributed by atoms with Crippen LogP contribution in [-0.4, -0.2) is 4.57 Å². The lowest BCUT2D eigenvalue weighted by molar-refractivity contribution is 0.661. The topological polar surface area (TPSA) is 4.93 Å². The monoisotopic (exact) mass is 393 g/mol. The lowest BCUT2D eigenvalue weighted by Gasteiger charge is -2.22. The molecule has 0 unspecified atom stereocenters. The van der Waals surface area contributed by atoms with Crippen LogP contribution in [0.5, 0.6) is 0 Å². The molecule has 1 aromatic heterocycles. The average molecular weight is 394 g/mol. The van der Waals surface area contributed by atoms with Gasteiger partial charge in [0, 0.05) is 27.4 Å². The average Bonchev–Trinajstić information content (AvgIpc) is 3.20. The van der Waals surface area contributed by atoms with Crippen molar-refractivity contribution in [3.8, 4) is 16.8 Å². The number of rotatable bonds is 1. The standard InChI is InChI=1S/C27H20ClN/c1-27(2)20-14-8-6-12-18(20)24-21(27)16-22(28)25-19-13-7-9-15-23(19)29(26(24)25)17-10-4-3-5-11-17/h3-16H,1-2H3. The molecule has 0 bridgehead atoms. The van der Waals surface area contributed by atoms with Crippen molar-refractivity contribution in [2.75, 3.05) is 0 Å². The summed E-state index contributed by atoms with van der Waals surface area (Å²) in [5.41, 5.74) is 8.76. The van der Waals surface area contributed by atoms with Crippen LogP contribution in [0.2, 0.25) is 5.02 Å². The van der Waals surface area contributed by atoms with Crippen LogP contribution in [0.3, 0.4) is 0 Å². The molecule has 4 aromatic carbocycles. The summed E-state index contributed by atoms with van der Waals surface area (Å²) in [7, 11) is 0. The quantitative estimate of drug-likeness (QED) is 0.274. The van der Waals surface area contributed by atoms with Gasteiger partial charge in [0.1, 0.15) is 0 Å². The highest BCUT2D eigenvalue weighted by atomic mass is 35.5. The summed E-state index contributed by atoms with van der Waals surface area (Å²) in [4.78, 5) is 0. The van der Waals surface area contributed by atoms with Gasteiger partial charge in [-0.1, -0.05) is 86.1 Å². The SMILES string of the molecule is CC1(C)c2ccccc2-c2c1cc(Cl)c1c3ccccc3n(-c3ccccc3)c21. The third kappa shape index (κ3) is 2.11. The molecule has 0 atom stereocenters. The highest BCUT2D eigenvalue weighted by molar-refractivity contribution is 6.39. The molecular formula is C27H20ClN. The van der Waals surface area contributed by atoms with E-state index in [1.165, 1.54) is 38.7 Å². The van der Waals surface area contributed by atoms with E-state index in [1.807, 2.05) is 0 Å². The molecule has 0 fully saturated rings. The van der Waals surface area contributed by atoms with Gasteiger partial charge >= 0.3 is 0 Å². The summed E-state index contributed by atoms with van der Waals surface area (Å²) >= 11 is 6.98. The fourth-order valence-corrected chi connectivity index (χ4v) is 5.42. The van der Waals surface area contributed by atoms with E-state index in [0.717, 1.165) is 16.1 Å². The van der Waals surface area contributed by atoms with Crippen LogP contribution in [0, 0.1) is 0 Å². The first kappa shape index (κ1) is 16.9. The first-order valence-electron chi connectivity index (χ1n) is 10.0. The molecule has 0 amide bonds. The lowest BCUT2D eigenvalue weighted by Crippen LogP contribution is -2.14. The first-order valence-corrected chi connectivity index (χ1v) is 10.4. The molecule has 2 heteroatoms. The van der Waals surface area contributed by atoms with Crippen molar-refractivity contribution in [2.45, 2.75) is 19.3 Å². The van der Waals surface area contributed by atoms with Crippen molar-refractivity contribution < 1.29 is 0 Å². The number of nitrogens with zero attached hydrogens (tertiary/aromatic N) is 1. The third-order valence-corrected chi connectivity index (χ3v) is 6.75. The number of aromatic nitrogens is 1. The summed E-state index contributed by atoms with van der Waals surface area (Å²) in [5.74, 6) is 0. The molecule has 1 aliphatic rings. The zero-order chi connectivity index (χ0) is 19.8. The van der Waals surface area contributed by atoms with Crippen molar-refractivity contribution in [1.82, 2.24) is 4.57 Å². The Morgan fingerprint density at radius 1 is 0.759 bits per heavy atom. The predicted octanol–water partition coefficient (Wildman–Crippen LogP) is 7.74. The van der Waals surface area contributed by atoms with Crippen LogP contribution < -0.4 is 0 Å². The molecule has 140 valence electrons. The van der Waals surface area contributed by atoms with E-state index < -0.39 is 0 Å². The number of halogens is 1.